The molecule has 1 atom stereocenters. The van der Waals surface area contributed by atoms with Gasteiger partial charge in [-0.15, -0.1) is 0 Å². The zero-order chi connectivity index (χ0) is 15.1. The molecule has 20 heavy (non-hydrogen) atoms. The van der Waals surface area contributed by atoms with Gasteiger partial charge in [0, 0.05) is 24.8 Å². The van der Waals surface area contributed by atoms with Crippen LogP contribution in [0.1, 0.15) is 37.3 Å². The van der Waals surface area contributed by atoms with Crippen molar-refractivity contribution in [3.8, 4) is 0 Å². The maximum atomic E-state index is 12.6. The minimum absolute atomic E-state index is 0.0244. The lowest BCUT2D eigenvalue weighted by Gasteiger charge is -2.33. The number of hydrogen-bond donors (Lipinski definition) is 1. The molecule has 1 fully saturated rings. The van der Waals surface area contributed by atoms with Crippen molar-refractivity contribution in [2.24, 2.45) is 0 Å². The second kappa shape index (κ2) is 5.12. The highest BCUT2D eigenvalue weighted by atomic mass is 32.2. The van der Waals surface area contributed by atoms with Crippen LogP contribution in [0.3, 0.4) is 0 Å². The van der Waals surface area contributed by atoms with Gasteiger partial charge in [-0.2, -0.15) is 0 Å². The van der Waals surface area contributed by atoms with Crippen LogP contribution in [0.5, 0.6) is 0 Å². The Morgan fingerprint density at radius 3 is 2.65 bits per heavy atom. The van der Waals surface area contributed by atoms with Crippen molar-refractivity contribution in [3.63, 3.8) is 0 Å². The summed E-state index contributed by atoms with van der Waals surface area (Å²) in [5, 5.41) is 0. The molecule has 0 radical (unpaired) electrons. The number of rotatable bonds is 2. The summed E-state index contributed by atoms with van der Waals surface area (Å²) in [5.74, 6) is -0.102. The number of hydrogen-bond acceptors (Lipinski definition) is 4. The van der Waals surface area contributed by atoms with Crippen molar-refractivity contribution in [3.05, 3.63) is 18.0 Å². The summed E-state index contributed by atoms with van der Waals surface area (Å²) in [5.41, 5.74) is 6.83. The summed E-state index contributed by atoms with van der Waals surface area (Å²) in [6.45, 7) is 5.95. The van der Waals surface area contributed by atoms with Crippen LogP contribution in [-0.2, 0) is 9.84 Å². The molecule has 2 heterocycles. The van der Waals surface area contributed by atoms with E-state index in [0.717, 1.165) is 0 Å². The normalized spacial score (nSPS) is 22.2. The van der Waals surface area contributed by atoms with Crippen molar-refractivity contribution >= 4 is 21.4 Å². The molecule has 0 saturated carbocycles. The number of nitrogens with zero attached hydrogens (tertiary/aromatic N) is 2. The molecule has 112 valence electrons. The highest BCUT2D eigenvalue weighted by Gasteiger charge is 2.33. The molecular formula is C13H21N3O3S. The Balaban J connectivity index is 2.28. The second-order valence-corrected chi connectivity index (χ2v) is 7.85. The molecule has 1 aliphatic rings. The lowest BCUT2D eigenvalue weighted by Crippen LogP contribution is -2.50. The molecule has 0 aliphatic carbocycles. The summed E-state index contributed by atoms with van der Waals surface area (Å²) in [6, 6.07) is 1.46. The number of sulfone groups is 1. The van der Waals surface area contributed by atoms with Gasteiger partial charge in [0.2, 0.25) is 0 Å². The number of carbonyl (C=O) groups excluding carboxylic acids is 1. The average molecular weight is 299 g/mol. The Bertz CT molecular complexity index is 619. The quantitative estimate of drug-likeness (QED) is 0.879. The van der Waals surface area contributed by atoms with Crippen LogP contribution in [0, 0.1) is 0 Å². The van der Waals surface area contributed by atoms with E-state index < -0.39 is 9.84 Å². The molecule has 0 spiro atoms. The smallest absolute Gasteiger partial charge is 0.270 e. The lowest BCUT2D eigenvalue weighted by molar-refractivity contribution is 0.0700. The van der Waals surface area contributed by atoms with Crippen LogP contribution in [-0.4, -0.2) is 47.9 Å². The zero-order valence-corrected chi connectivity index (χ0v) is 12.9. The molecular weight excluding hydrogens is 278 g/mol. The molecule has 0 bridgehead atoms. The average Bonchev–Trinajstić information content (AvgIpc) is 2.69. The fourth-order valence-electron chi connectivity index (χ4n) is 2.55. The van der Waals surface area contributed by atoms with E-state index in [1.807, 2.05) is 18.4 Å². The van der Waals surface area contributed by atoms with Gasteiger partial charge in [-0.3, -0.25) is 4.79 Å². The summed E-state index contributed by atoms with van der Waals surface area (Å²) < 4.78 is 25.0. The Kier molecular flexibility index (Phi) is 3.82. The SMILES string of the molecule is CC1CS(=O)(=O)CCN1C(=O)c1cc(N)cn1C(C)C. The van der Waals surface area contributed by atoms with Gasteiger partial charge >= 0.3 is 0 Å². The van der Waals surface area contributed by atoms with E-state index in [2.05, 4.69) is 0 Å². The third-order valence-electron chi connectivity index (χ3n) is 3.58. The maximum Gasteiger partial charge on any atom is 0.270 e. The predicted octanol–water partition coefficient (Wildman–Crippen LogP) is 0.910. The summed E-state index contributed by atoms with van der Waals surface area (Å²) in [4.78, 5) is 14.2. The molecule has 7 heteroatoms. The second-order valence-electron chi connectivity index (χ2n) is 5.62. The van der Waals surface area contributed by atoms with E-state index in [1.165, 1.54) is 0 Å². The van der Waals surface area contributed by atoms with Crippen molar-refractivity contribution < 1.29 is 13.2 Å². The van der Waals surface area contributed by atoms with Crippen LogP contribution in [0.25, 0.3) is 0 Å². The lowest BCUT2D eigenvalue weighted by atomic mass is 10.2. The Morgan fingerprint density at radius 1 is 1.45 bits per heavy atom. The summed E-state index contributed by atoms with van der Waals surface area (Å²) >= 11 is 0. The summed E-state index contributed by atoms with van der Waals surface area (Å²) in [6.07, 6.45) is 1.74. The van der Waals surface area contributed by atoms with Crippen molar-refractivity contribution in [2.75, 3.05) is 23.8 Å². The van der Waals surface area contributed by atoms with E-state index >= 15 is 0 Å². The minimum Gasteiger partial charge on any atom is -0.397 e. The third-order valence-corrected chi connectivity index (χ3v) is 5.37. The topological polar surface area (TPSA) is 85.4 Å². The standard InChI is InChI=1S/C13H21N3O3S/c1-9(2)16-7-11(14)6-12(16)13(17)15-4-5-20(18,19)8-10(15)3/h6-7,9-10H,4-5,8,14H2,1-3H3. The fraction of sp³-hybridized carbons (Fsp3) is 0.615. The van der Waals surface area contributed by atoms with Crippen LogP contribution >= 0.6 is 0 Å². The first-order valence-corrected chi connectivity index (χ1v) is 8.52. The van der Waals surface area contributed by atoms with E-state index in [0.29, 0.717) is 11.4 Å². The predicted molar refractivity (Wildman–Crippen MR) is 78.4 cm³/mol. The third kappa shape index (κ3) is 2.82. The van der Waals surface area contributed by atoms with Gasteiger partial charge in [0.25, 0.3) is 5.91 Å². The molecule has 1 amide bonds. The number of amides is 1. The van der Waals surface area contributed by atoms with Gasteiger partial charge in [0.15, 0.2) is 9.84 Å². The van der Waals surface area contributed by atoms with Crippen LogP contribution in [0.4, 0.5) is 5.69 Å². The molecule has 2 rings (SSSR count). The highest BCUT2D eigenvalue weighted by molar-refractivity contribution is 7.91. The number of carbonyl (C=O) groups is 1. The van der Waals surface area contributed by atoms with Gasteiger partial charge in [-0.05, 0) is 26.8 Å². The van der Waals surface area contributed by atoms with Gasteiger partial charge in [-0.25, -0.2) is 8.42 Å². The van der Waals surface area contributed by atoms with E-state index in [4.69, 9.17) is 5.73 Å². The van der Waals surface area contributed by atoms with Crippen LogP contribution in [0.2, 0.25) is 0 Å². The van der Waals surface area contributed by atoms with Crippen LogP contribution in [0.15, 0.2) is 12.3 Å². The molecule has 6 nitrogen and oxygen atoms in total. The van der Waals surface area contributed by atoms with Crippen molar-refractivity contribution in [2.45, 2.75) is 32.9 Å². The Hall–Kier alpha value is -1.50. The first-order chi connectivity index (χ1) is 9.21. The van der Waals surface area contributed by atoms with Gasteiger partial charge in [0.05, 0.1) is 17.2 Å². The fourth-order valence-corrected chi connectivity index (χ4v) is 4.10. The first-order valence-electron chi connectivity index (χ1n) is 6.70. The molecule has 1 aromatic rings. The maximum absolute atomic E-state index is 12.6. The van der Waals surface area contributed by atoms with Crippen LogP contribution < -0.4 is 5.73 Å². The van der Waals surface area contributed by atoms with E-state index in [-0.39, 0.29) is 36.0 Å². The number of anilines is 1. The van der Waals surface area contributed by atoms with E-state index in [1.54, 1.807) is 24.1 Å². The first kappa shape index (κ1) is 14.9. The van der Waals surface area contributed by atoms with E-state index in [9.17, 15) is 13.2 Å². The highest BCUT2D eigenvalue weighted by Crippen LogP contribution is 2.21. The van der Waals surface area contributed by atoms with Gasteiger partial charge in [-0.1, -0.05) is 0 Å². The molecule has 2 N–H and O–H groups in total. The monoisotopic (exact) mass is 299 g/mol. The molecule has 1 aliphatic heterocycles. The molecule has 0 aromatic carbocycles. The summed E-state index contributed by atoms with van der Waals surface area (Å²) in [7, 11) is -3.03. The number of nitrogens with two attached hydrogens (primary N) is 1. The number of aromatic nitrogens is 1. The van der Waals surface area contributed by atoms with Crippen molar-refractivity contribution in [1.29, 1.82) is 0 Å². The molecule has 1 aromatic heterocycles. The van der Waals surface area contributed by atoms with Gasteiger partial charge < -0.3 is 15.2 Å². The number of nitrogen functional groups attached to an aromatic ring is 1. The van der Waals surface area contributed by atoms with Gasteiger partial charge in [0.1, 0.15) is 5.69 Å². The Labute approximate surface area is 119 Å². The minimum atomic E-state index is -3.03. The Morgan fingerprint density at radius 2 is 2.10 bits per heavy atom. The molecule has 1 unspecified atom stereocenters. The largest absolute Gasteiger partial charge is 0.397 e. The zero-order valence-electron chi connectivity index (χ0n) is 12.0. The molecule has 1 saturated heterocycles. The van der Waals surface area contributed by atoms with Crippen molar-refractivity contribution in [1.82, 2.24) is 9.47 Å².